The van der Waals surface area contributed by atoms with E-state index in [1.165, 1.54) is 49.9 Å². The van der Waals surface area contributed by atoms with Crippen LogP contribution in [0, 0.1) is 49.4 Å². The lowest BCUT2D eigenvalue weighted by Gasteiger charge is -2.38. The molecule has 0 radical (unpaired) electrons. The predicted octanol–water partition coefficient (Wildman–Crippen LogP) is 10.8. The van der Waals surface area contributed by atoms with Gasteiger partial charge in [-0.2, -0.15) is 36.5 Å². The second kappa shape index (κ2) is 19.8. The van der Waals surface area contributed by atoms with Crippen molar-refractivity contribution in [2.75, 3.05) is 36.0 Å². The summed E-state index contributed by atoms with van der Waals surface area (Å²) < 4.78 is 82.4. The van der Waals surface area contributed by atoms with Crippen LogP contribution >= 0.6 is 0 Å². The molecule has 2 saturated carbocycles. The van der Waals surface area contributed by atoms with Crippen molar-refractivity contribution in [3.63, 3.8) is 0 Å². The van der Waals surface area contributed by atoms with Crippen LogP contribution in [0.1, 0.15) is 133 Å². The molecule has 2 unspecified atom stereocenters. The molecule has 4 bridgehead atoms. The summed E-state index contributed by atoms with van der Waals surface area (Å²) in [7, 11) is 0. The van der Waals surface area contributed by atoms with Gasteiger partial charge in [0.2, 0.25) is 0 Å². The lowest BCUT2D eigenvalue weighted by molar-refractivity contribution is -0.138. The van der Waals surface area contributed by atoms with Gasteiger partial charge in [-0.15, -0.1) is 0 Å². The Morgan fingerprint density at radius 3 is 1.21 bits per heavy atom. The van der Waals surface area contributed by atoms with Crippen molar-refractivity contribution in [1.29, 1.82) is 0 Å². The maximum Gasteiger partial charge on any atom is 0.416 e. The maximum atomic E-state index is 13.1. The van der Waals surface area contributed by atoms with E-state index in [-0.39, 0.29) is 11.8 Å². The molecule has 6 aliphatic rings. The third kappa shape index (κ3) is 10.2. The van der Waals surface area contributed by atoms with E-state index in [0.29, 0.717) is 35.5 Å². The minimum Gasteiger partial charge on any atom is -0.356 e. The molecule has 12 rings (SSSR count). The van der Waals surface area contributed by atoms with Gasteiger partial charge in [0.05, 0.1) is 11.1 Å². The number of hydrogen-bond acceptors (Lipinski definition) is 10. The van der Waals surface area contributed by atoms with Gasteiger partial charge < -0.3 is 9.80 Å². The van der Waals surface area contributed by atoms with E-state index in [9.17, 15) is 26.3 Å². The van der Waals surface area contributed by atoms with Gasteiger partial charge in [0.25, 0.3) is 0 Å². The Morgan fingerprint density at radius 1 is 0.486 bits per heavy atom. The number of nitrogens with zero attached hydrogens (tertiary/aromatic N) is 12. The number of anilines is 2. The molecule has 6 aromatic rings. The molecule has 2 aliphatic carbocycles. The monoisotopic (exact) mass is 993 g/mol. The topological polar surface area (TPSA) is 119 Å². The van der Waals surface area contributed by atoms with Gasteiger partial charge >= 0.3 is 12.4 Å². The number of benzene rings is 2. The minimum atomic E-state index is -4.32. The van der Waals surface area contributed by atoms with E-state index in [4.69, 9.17) is 20.2 Å². The van der Waals surface area contributed by atoms with Crippen molar-refractivity contribution in [2.24, 2.45) is 35.5 Å². The summed E-state index contributed by atoms with van der Waals surface area (Å²) in [5.41, 5.74) is 2.53. The molecule has 2 aromatic carbocycles. The summed E-state index contributed by atoms with van der Waals surface area (Å²) in [6.45, 7) is 9.63. The Morgan fingerprint density at radius 2 is 0.861 bits per heavy atom. The Hall–Kier alpha value is -5.94. The number of aromatic nitrogens is 10. The van der Waals surface area contributed by atoms with Crippen LogP contribution in [0.2, 0.25) is 0 Å². The molecule has 380 valence electrons. The number of hydrogen-bond donors (Lipinski definition) is 0. The van der Waals surface area contributed by atoms with Crippen LogP contribution in [0.15, 0.2) is 73.3 Å². The van der Waals surface area contributed by atoms with Gasteiger partial charge in [0.15, 0.2) is 11.6 Å². The van der Waals surface area contributed by atoms with E-state index >= 15 is 0 Å². The molecule has 72 heavy (non-hydrogen) atoms. The smallest absolute Gasteiger partial charge is 0.356 e. The number of piperidine rings is 2. The second-order valence-corrected chi connectivity index (χ2v) is 21.3. The van der Waals surface area contributed by atoms with Crippen molar-refractivity contribution < 1.29 is 26.3 Å². The Bertz CT molecular complexity index is 2610. The molecular weight excluding hydrogens is 931 g/mol. The molecule has 0 spiro atoms. The number of fused-ring (bicyclic) bond motifs is 6. The highest BCUT2D eigenvalue weighted by atomic mass is 19.4. The quantitative estimate of drug-likeness (QED) is 0.136. The van der Waals surface area contributed by atoms with Crippen LogP contribution in [0.4, 0.5) is 38.0 Å². The largest absolute Gasteiger partial charge is 0.416 e. The molecule has 4 aromatic heterocycles. The first kappa shape index (κ1) is 48.3. The maximum absolute atomic E-state index is 13.1. The summed E-state index contributed by atoms with van der Waals surface area (Å²) in [6.07, 6.45) is 7.06. The molecule has 4 aliphatic heterocycles. The molecule has 8 heterocycles. The van der Waals surface area contributed by atoms with Crippen LogP contribution in [-0.4, -0.2) is 75.6 Å². The zero-order valence-electron chi connectivity index (χ0n) is 40.9. The van der Waals surface area contributed by atoms with Gasteiger partial charge in [-0.1, -0.05) is 37.1 Å². The van der Waals surface area contributed by atoms with Crippen LogP contribution in [-0.2, 0) is 38.3 Å². The lowest BCUT2D eigenvalue weighted by atomic mass is 9.82. The SMILES string of the molecule is Cc1cc(N2C[C@H]3CC[C@@H](C2)C3Cc2nc3n(n2)CCCC[C@@H]3c2ccc(C(F)(F)F)cc2)ncn1.Cc1cc(N2C[C@H]3CC[C@@H](C2)C3Cc2nc3n(n2)CCCC[C@H]3c2ccc(C(F)(F)F)cc2)ncn1. The number of alkyl halides is 6. The first-order valence-electron chi connectivity index (χ1n) is 26.0. The average Bonchev–Trinajstić information content (AvgIpc) is 3.97. The first-order valence-corrected chi connectivity index (χ1v) is 26.0. The lowest BCUT2D eigenvalue weighted by Crippen LogP contribution is -2.43. The van der Waals surface area contributed by atoms with Gasteiger partial charge in [-0.05, 0) is 136 Å². The molecular formula is C54H62F6N12. The highest BCUT2D eigenvalue weighted by Crippen LogP contribution is 2.46. The second-order valence-electron chi connectivity index (χ2n) is 21.3. The first-order chi connectivity index (χ1) is 34.7. The van der Waals surface area contributed by atoms with Gasteiger partial charge in [-0.3, -0.25) is 0 Å². The predicted molar refractivity (Wildman–Crippen MR) is 259 cm³/mol. The van der Waals surface area contributed by atoms with E-state index in [2.05, 4.69) is 41.9 Å². The van der Waals surface area contributed by atoms with E-state index < -0.39 is 23.5 Å². The minimum absolute atomic E-state index is 0.0180. The third-order valence-corrected chi connectivity index (χ3v) is 16.7. The summed E-state index contributed by atoms with van der Waals surface area (Å²) in [5.74, 6) is 9.06. The molecule has 0 N–H and O–H groups in total. The van der Waals surface area contributed by atoms with E-state index in [1.807, 2.05) is 23.2 Å². The molecule has 0 amide bonds. The van der Waals surface area contributed by atoms with E-state index in [0.717, 1.165) is 148 Å². The summed E-state index contributed by atoms with van der Waals surface area (Å²) in [6, 6.07) is 15.3. The zero-order chi connectivity index (χ0) is 49.7. The van der Waals surface area contributed by atoms with Crippen molar-refractivity contribution in [1.82, 2.24) is 49.5 Å². The molecule has 12 nitrogen and oxygen atoms in total. The summed E-state index contributed by atoms with van der Waals surface area (Å²) in [4.78, 5) is 32.3. The Kier molecular flexibility index (Phi) is 13.3. The third-order valence-electron chi connectivity index (χ3n) is 16.7. The Balaban J connectivity index is 0.000000156. The highest BCUT2D eigenvalue weighted by molar-refractivity contribution is 5.41. The van der Waals surface area contributed by atoms with Crippen molar-refractivity contribution in [3.8, 4) is 0 Å². The van der Waals surface area contributed by atoms with Crippen LogP contribution in [0.25, 0.3) is 0 Å². The fraction of sp³-hybridized carbons (Fsp3) is 0.556. The van der Waals surface area contributed by atoms with Gasteiger partial charge in [0, 0.05) is 87.5 Å². The fourth-order valence-electron chi connectivity index (χ4n) is 13.1. The van der Waals surface area contributed by atoms with E-state index in [1.54, 1.807) is 36.9 Å². The van der Waals surface area contributed by atoms with Crippen molar-refractivity contribution >= 4 is 11.6 Å². The standard InChI is InChI=1S/2C27H31F3N6/c2*1-17-12-25(32-16-31-17)35-14-19-5-6-20(15-35)23(19)13-24-33-26-22(4-2-3-11-36(26)34-24)18-7-9-21(10-8-18)27(28,29)30/h2*7-10,12,16,19-20,22-23H,2-6,11,13-15H2,1H3/t2*19-,20+,22-,23?/m10/s1. The molecule has 18 heteroatoms. The zero-order valence-corrected chi connectivity index (χ0v) is 40.9. The molecule has 8 atom stereocenters. The van der Waals surface area contributed by atoms with Gasteiger partial charge in [0.1, 0.15) is 35.9 Å². The van der Waals surface area contributed by atoms with Crippen molar-refractivity contribution in [2.45, 2.75) is 128 Å². The highest BCUT2D eigenvalue weighted by Gasteiger charge is 2.45. The number of rotatable bonds is 8. The Labute approximate surface area is 416 Å². The van der Waals surface area contributed by atoms with Crippen LogP contribution in [0.5, 0.6) is 0 Å². The molecule has 4 fully saturated rings. The van der Waals surface area contributed by atoms with Gasteiger partial charge in [-0.25, -0.2) is 39.3 Å². The summed E-state index contributed by atoms with van der Waals surface area (Å²) >= 11 is 0. The average molecular weight is 993 g/mol. The van der Waals surface area contributed by atoms with Crippen molar-refractivity contribution in [3.05, 3.63) is 130 Å². The number of aryl methyl sites for hydroxylation is 4. The normalized spacial score (nSPS) is 26.1. The number of halogens is 6. The summed E-state index contributed by atoms with van der Waals surface area (Å²) in [5, 5.41) is 9.83. The fourth-order valence-corrected chi connectivity index (χ4v) is 13.1. The van der Waals surface area contributed by atoms with Crippen LogP contribution < -0.4 is 9.80 Å². The molecule has 2 saturated heterocycles. The van der Waals surface area contributed by atoms with Crippen LogP contribution in [0.3, 0.4) is 0 Å².